The number of nitrogens with one attached hydrogen (secondary N) is 1. The molecule has 2 aliphatic rings. The molecule has 0 unspecified atom stereocenters. The van der Waals surface area contributed by atoms with E-state index in [2.05, 4.69) is 11.4 Å². The van der Waals surface area contributed by atoms with E-state index in [-0.39, 0.29) is 12.5 Å². The van der Waals surface area contributed by atoms with Gasteiger partial charge in [-0.3, -0.25) is 4.79 Å². The van der Waals surface area contributed by atoms with Crippen LogP contribution in [0.4, 0.5) is 5.69 Å². The SMILES string of the molecule is N#CC1(NC(=O)CN2CCOc3ccccc32)CCCC1. The number of para-hydroxylation sites is 2. The zero-order valence-corrected chi connectivity index (χ0v) is 12.0. The molecule has 1 aliphatic carbocycles. The van der Waals surface area contributed by atoms with Crippen molar-refractivity contribution in [1.29, 1.82) is 5.26 Å². The molecule has 0 atom stereocenters. The van der Waals surface area contributed by atoms with Crippen LogP contribution in [0.1, 0.15) is 25.7 Å². The molecular weight excluding hydrogens is 266 g/mol. The van der Waals surface area contributed by atoms with Crippen molar-refractivity contribution in [3.63, 3.8) is 0 Å². The number of amides is 1. The van der Waals surface area contributed by atoms with Gasteiger partial charge in [0.1, 0.15) is 17.9 Å². The topological polar surface area (TPSA) is 65.4 Å². The van der Waals surface area contributed by atoms with E-state index in [0.29, 0.717) is 13.2 Å². The van der Waals surface area contributed by atoms with Gasteiger partial charge in [0.25, 0.3) is 0 Å². The Balaban J connectivity index is 1.67. The molecule has 0 radical (unpaired) electrons. The molecule has 5 nitrogen and oxygen atoms in total. The molecule has 5 heteroatoms. The highest BCUT2D eigenvalue weighted by atomic mass is 16.5. The lowest BCUT2D eigenvalue weighted by molar-refractivity contribution is -0.121. The fourth-order valence-corrected chi connectivity index (χ4v) is 3.11. The van der Waals surface area contributed by atoms with Crippen LogP contribution in [0, 0.1) is 11.3 Å². The van der Waals surface area contributed by atoms with Gasteiger partial charge in [-0.1, -0.05) is 12.1 Å². The number of hydrogen-bond donors (Lipinski definition) is 1. The first kappa shape index (κ1) is 13.7. The zero-order chi connectivity index (χ0) is 14.7. The average Bonchev–Trinajstić information content (AvgIpc) is 2.96. The van der Waals surface area contributed by atoms with Crippen molar-refractivity contribution in [2.24, 2.45) is 0 Å². The highest BCUT2D eigenvalue weighted by Crippen LogP contribution is 2.31. The normalized spacial score (nSPS) is 19.3. The molecule has 1 amide bonds. The number of fused-ring (bicyclic) bond motifs is 1. The first-order chi connectivity index (χ1) is 10.2. The standard InChI is InChI=1S/C16H19N3O2/c17-12-16(7-3-4-8-16)18-15(20)11-19-9-10-21-14-6-2-1-5-13(14)19/h1-2,5-6H,3-4,7-11H2,(H,18,20). The average molecular weight is 285 g/mol. The number of rotatable bonds is 3. The van der Waals surface area contributed by atoms with E-state index in [1.807, 2.05) is 29.2 Å². The van der Waals surface area contributed by atoms with Gasteiger partial charge in [0.05, 0.1) is 24.8 Å². The van der Waals surface area contributed by atoms with E-state index in [4.69, 9.17) is 4.74 Å². The van der Waals surface area contributed by atoms with Crippen LogP contribution in [0.5, 0.6) is 5.75 Å². The lowest BCUT2D eigenvalue weighted by atomic mass is 10.00. The molecule has 1 saturated carbocycles. The molecule has 0 spiro atoms. The number of benzene rings is 1. The molecule has 1 aromatic carbocycles. The summed E-state index contributed by atoms with van der Waals surface area (Å²) < 4.78 is 5.58. The van der Waals surface area contributed by atoms with Crippen molar-refractivity contribution >= 4 is 11.6 Å². The lowest BCUT2D eigenvalue weighted by Gasteiger charge is -2.31. The molecule has 1 aromatic rings. The molecule has 0 saturated heterocycles. The molecule has 1 heterocycles. The third kappa shape index (κ3) is 2.80. The Bertz CT molecular complexity index is 573. The van der Waals surface area contributed by atoms with Gasteiger partial charge in [-0.05, 0) is 37.8 Å². The predicted octanol–water partition coefficient (Wildman–Crippen LogP) is 1.84. The van der Waals surface area contributed by atoms with Crippen LogP contribution in [0.25, 0.3) is 0 Å². The summed E-state index contributed by atoms with van der Waals surface area (Å²) in [4.78, 5) is 14.3. The summed E-state index contributed by atoms with van der Waals surface area (Å²) in [5.74, 6) is 0.725. The van der Waals surface area contributed by atoms with Crippen LogP contribution in [-0.2, 0) is 4.79 Å². The Morgan fingerprint density at radius 3 is 2.90 bits per heavy atom. The summed E-state index contributed by atoms with van der Waals surface area (Å²) >= 11 is 0. The molecule has 0 aromatic heterocycles. The number of ether oxygens (including phenoxy) is 1. The Morgan fingerprint density at radius 2 is 2.14 bits per heavy atom. The van der Waals surface area contributed by atoms with Crippen molar-refractivity contribution in [1.82, 2.24) is 5.32 Å². The summed E-state index contributed by atoms with van der Waals surface area (Å²) in [5, 5.41) is 12.3. The summed E-state index contributed by atoms with van der Waals surface area (Å²) in [7, 11) is 0. The molecule has 21 heavy (non-hydrogen) atoms. The maximum atomic E-state index is 12.3. The van der Waals surface area contributed by atoms with Gasteiger partial charge in [-0.2, -0.15) is 5.26 Å². The number of carbonyl (C=O) groups is 1. The Labute approximate surface area is 124 Å². The van der Waals surface area contributed by atoms with Crippen LogP contribution >= 0.6 is 0 Å². The van der Waals surface area contributed by atoms with E-state index in [1.54, 1.807) is 0 Å². The number of carbonyl (C=O) groups excluding carboxylic acids is 1. The number of anilines is 1. The fourth-order valence-electron chi connectivity index (χ4n) is 3.11. The van der Waals surface area contributed by atoms with Gasteiger partial charge in [0, 0.05) is 0 Å². The second kappa shape index (κ2) is 5.65. The highest BCUT2D eigenvalue weighted by molar-refractivity contribution is 5.83. The lowest BCUT2D eigenvalue weighted by Crippen LogP contribution is -2.50. The van der Waals surface area contributed by atoms with Crippen molar-refractivity contribution in [3.8, 4) is 11.8 Å². The predicted molar refractivity (Wildman–Crippen MR) is 79.1 cm³/mol. The summed E-state index contributed by atoms with van der Waals surface area (Å²) in [5.41, 5.74) is 0.291. The summed E-state index contributed by atoms with van der Waals surface area (Å²) in [6.45, 7) is 1.53. The Hall–Kier alpha value is -2.22. The third-order valence-corrected chi connectivity index (χ3v) is 4.21. The van der Waals surface area contributed by atoms with Crippen LogP contribution in [0.2, 0.25) is 0 Å². The molecule has 1 N–H and O–H groups in total. The van der Waals surface area contributed by atoms with E-state index in [0.717, 1.165) is 37.1 Å². The monoisotopic (exact) mass is 285 g/mol. The van der Waals surface area contributed by atoms with Gasteiger partial charge >= 0.3 is 0 Å². The highest BCUT2D eigenvalue weighted by Gasteiger charge is 2.35. The smallest absolute Gasteiger partial charge is 0.240 e. The van der Waals surface area contributed by atoms with E-state index >= 15 is 0 Å². The summed E-state index contributed by atoms with van der Waals surface area (Å²) in [6.07, 6.45) is 3.53. The van der Waals surface area contributed by atoms with Gasteiger partial charge in [0.15, 0.2) is 0 Å². The van der Waals surface area contributed by atoms with E-state index in [9.17, 15) is 10.1 Å². The molecule has 110 valence electrons. The minimum atomic E-state index is -0.650. The molecular formula is C16H19N3O2. The fraction of sp³-hybridized carbons (Fsp3) is 0.500. The minimum absolute atomic E-state index is 0.0878. The van der Waals surface area contributed by atoms with E-state index < -0.39 is 5.54 Å². The van der Waals surface area contributed by atoms with Gasteiger partial charge in [-0.15, -0.1) is 0 Å². The van der Waals surface area contributed by atoms with Crippen molar-refractivity contribution < 1.29 is 9.53 Å². The molecule has 1 aliphatic heterocycles. The first-order valence-corrected chi connectivity index (χ1v) is 7.41. The van der Waals surface area contributed by atoms with Crippen molar-refractivity contribution in [2.75, 3.05) is 24.6 Å². The largest absolute Gasteiger partial charge is 0.490 e. The van der Waals surface area contributed by atoms with Crippen LogP contribution < -0.4 is 15.0 Å². The number of nitrogens with zero attached hydrogens (tertiary/aromatic N) is 2. The van der Waals surface area contributed by atoms with E-state index in [1.165, 1.54) is 0 Å². The van der Waals surface area contributed by atoms with Gasteiger partial charge in [0.2, 0.25) is 5.91 Å². The summed E-state index contributed by atoms with van der Waals surface area (Å²) in [6, 6.07) is 10.0. The maximum absolute atomic E-state index is 12.3. The van der Waals surface area contributed by atoms with Gasteiger partial charge < -0.3 is 15.0 Å². The van der Waals surface area contributed by atoms with Gasteiger partial charge in [-0.25, -0.2) is 0 Å². The second-order valence-electron chi connectivity index (χ2n) is 5.69. The van der Waals surface area contributed by atoms with Crippen molar-refractivity contribution in [2.45, 2.75) is 31.2 Å². The van der Waals surface area contributed by atoms with Crippen LogP contribution in [0.15, 0.2) is 24.3 Å². The Morgan fingerprint density at radius 1 is 1.38 bits per heavy atom. The zero-order valence-electron chi connectivity index (χ0n) is 12.0. The third-order valence-electron chi connectivity index (χ3n) is 4.21. The maximum Gasteiger partial charge on any atom is 0.240 e. The van der Waals surface area contributed by atoms with Crippen molar-refractivity contribution in [3.05, 3.63) is 24.3 Å². The minimum Gasteiger partial charge on any atom is -0.490 e. The first-order valence-electron chi connectivity index (χ1n) is 7.41. The molecule has 3 rings (SSSR count). The number of hydrogen-bond acceptors (Lipinski definition) is 4. The second-order valence-corrected chi connectivity index (χ2v) is 5.69. The molecule has 1 fully saturated rings. The van der Waals surface area contributed by atoms with Crippen LogP contribution in [-0.4, -0.2) is 31.1 Å². The quantitative estimate of drug-likeness (QED) is 0.920. The molecule has 0 bridgehead atoms. The Kier molecular flexibility index (Phi) is 3.70. The number of nitriles is 1. The van der Waals surface area contributed by atoms with Crippen LogP contribution in [0.3, 0.4) is 0 Å².